The lowest BCUT2D eigenvalue weighted by molar-refractivity contribution is -0.116. The summed E-state index contributed by atoms with van der Waals surface area (Å²) < 4.78 is 3.47. The standard InChI is InChI=1S/C14H17N7O/c1-10(2)21-14-11(6-17-21)5-12(7-16-14)19-13(22)3-4-20-9-15-8-18-20/h5-10H,3-4H2,1-2H3,(H,19,22). The van der Waals surface area contributed by atoms with Gasteiger partial charge in [-0.3, -0.25) is 9.48 Å². The van der Waals surface area contributed by atoms with Gasteiger partial charge in [0, 0.05) is 17.8 Å². The summed E-state index contributed by atoms with van der Waals surface area (Å²) in [5, 5.41) is 12.0. The van der Waals surface area contributed by atoms with Gasteiger partial charge in [-0.15, -0.1) is 0 Å². The van der Waals surface area contributed by atoms with Crippen molar-refractivity contribution in [3.63, 3.8) is 0 Å². The van der Waals surface area contributed by atoms with Crippen LogP contribution in [0.5, 0.6) is 0 Å². The second-order valence-electron chi connectivity index (χ2n) is 5.28. The van der Waals surface area contributed by atoms with Crippen molar-refractivity contribution >= 4 is 22.6 Å². The van der Waals surface area contributed by atoms with Crippen LogP contribution in [0.2, 0.25) is 0 Å². The van der Waals surface area contributed by atoms with E-state index in [4.69, 9.17) is 0 Å². The Balaban J connectivity index is 1.67. The van der Waals surface area contributed by atoms with E-state index in [1.54, 1.807) is 23.4 Å². The van der Waals surface area contributed by atoms with Gasteiger partial charge in [-0.05, 0) is 19.9 Å². The molecule has 1 amide bonds. The van der Waals surface area contributed by atoms with E-state index >= 15 is 0 Å². The third kappa shape index (κ3) is 2.95. The molecule has 0 spiro atoms. The highest BCUT2D eigenvalue weighted by atomic mass is 16.1. The Morgan fingerprint density at radius 2 is 2.18 bits per heavy atom. The number of hydrogen-bond acceptors (Lipinski definition) is 5. The van der Waals surface area contributed by atoms with Gasteiger partial charge in [0.1, 0.15) is 12.7 Å². The van der Waals surface area contributed by atoms with E-state index in [1.807, 2.05) is 24.6 Å². The van der Waals surface area contributed by atoms with Crippen molar-refractivity contribution in [1.29, 1.82) is 0 Å². The Labute approximate surface area is 127 Å². The molecule has 1 N–H and O–H groups in total. The van der Waals surface area contributed by atoms with Gasteiger partial charge < -0.3 is 5.32 Å². The van der Waals surface area contributed by atoms with Crippen LogP contribution in [0.1, 0.15) is 26.3 Å². The van der Waals surface area contributed by atoms with Crippen LogP contribution in [0, 0.1) is 0 Å². The summed E-state index contributed by atoms with van der Waals surface area (Å²) in [6.45, 7) is 4.59. The zero-order valence-corrected chi connectivity index (χ0v) is 12.5. The molecular formula is C14H17N7O. The van der Waals surface area contributed by atoms with Crippen molar-refractivity contribution in [2.24, 2.45) is 0 Å². The van der Waals surface area contributed by atoms with Gasteiger partial charge in [-0.25, -0.2) is 14.6 Å². The molecule has 0 fully saturated rings. The minimum atomic E-state index is -0.0899. The molecule has 3 rings (SSSR count). The molecule has 8 nitrogen and oxygen atoms in total. The van der Waals surface area contributed by atoms with E-state index in [9.17, 15) is 4.79 Å². The van der Waals surface area contributed by atoms with Gasteiger partial charge in [-0.1, -0.05) is 0 Å². The number of pyridine rings is 1. The minimum Gasteiger partial charge on any atom is -0.325 e. The lowest BCUT2D eigenvalue weighted by Crippen LogP contribution is -2.15. The molecule has 3 heterocycles. The first kappa shape index (κ1) is 14.2. The topological polar surface area (TPSA) is 90.5 Å². The number of aromatic nitrogens is 6. The third-order valence-corrected chi connectivity index (χ3v) is 3.24. The highest BCUT2D eigenvalue weighted by molar-refractivity contribution is 5.92. The predicted octanol–water partition coefficient (Wildman–Crippen LogP) is 1.63. The Bertz CT molecular complexity index is 776. The number of nitrogens with zero attached hydrogens (tertiary/aromatic N) is 6. The summed E-state index contributed by atoms with van der Waals surface area (Å²) in [6, 6.07) is 2.12. The summed E-state index contributed by atoms with van der Waals surface area (Å²) in [4.78, 5) is 20.2. The minimum absolute atomic E-state index is 0.0899. The smallest absolute Gasteiger partial charge is 0.226 e. The fourth-order valence-corrected chi connectivity index (χ4v) is 2.17. The zero-order chi connectivity index (χ0) is 15.5. The fraction of sp³-hybridized carbons (Fsp3) is 0.357. The van der Waals surface area contributed by atoms with Crippen molar-refractivity contribution in [2.45, 2.75) is 32.9 Å². The summed E-state index contributed by atoms with van der Waals surface area (Å²) in [7, 11) is 0. The average molecular weight is 299 g/mol. The summed E-state index contributed by atoms with van der Waals surface area (Å²) in [5.74, 6) is -0.0899. The Kier molecular flexibility index (Phi) is 3.82. The Morgan fingerprint density at radius 1 is 1.32 bits per heavy atom. The number of nitrogens with one attached hydrogen (secondary N) is 1. The van der Waals surface area contributed by atoms with Crippen molar-refractivity contribution in [3.8, 4) is 0 Å². The van der Waals surface area contributed by atoms with Crippen LogP contribution in [0.15, 0.2) is 31.1 Å². The average Bonchev–Trinajstić information content (AvgIpc) is 3.14. The molecule has 0 aromatic carbocycles. The fourth-order valence-electron chi connectivity index (χ4n) is 2.17. The van der Waals surface area contributed by atoms with Crippen molar-refractivity contribution in [1.82, 2.24) is 29.5 Å². The van der Waals surface area contributed by atoms with E-state index < -0.39 is 0 Å². The normalized spacial score (nSPS) is 11.2. The maximum absolute atomic E-state index is 11.9. The van der Waals surface area contributed by atoms with E-state index in [-0.39, 0.29) is 11.9 Å². The summed E-state index contributed by atoms with van der Waals surface area (Å²) in [6.07, 6.45) is 6.76. The number of hydrogen-bond donors (Lipinski definition) is 1. The van der Waals surface area contributed by atoms with Gasteiger partial charge in [0.05, 0.1) is 24.6 Å². The monoisotopic (exact) mass is 299 g/mol. The molecule has 0 aliphatic heterocycles. The molecule has 0 aliphatic carbocycles. The molecule has 114 valence electrons. The van der Waals surface area contributed by atoms with Crippen molar-refractivity contribution < 1.29 is 4.79 Å². The quantitative estimate of drug-likeness (QED) is 0.773. The highest BCUT2D eigenvalue weighted by Crippen LogP contribution is 2.19. The second-order valence-corrected chi connectivity index (χ2v) is 5.28. The molecule has 0 saturated heterocycles. The molecule has 0 bridgehead atoms. The number of fused-ring (bicyclic) bond motifs is 1. The van der Waals surface area contributed by atoms with Crippen molar-refractivity contribution in [3.05, 3.63) is 31.1 Å². The van der Waals surface area contributed by atoms with Crippen LogP contribution in [0.4, 0.5) is 5.69 Å². The number of amides is 1. The van der Waals surface area contributed by atoms with Gasteiger partial charge in [0.15, 0.2) is 5.65 Å². The van der Waals surface area contributed by atoms with Gasteiger partial charge in [0.25, 0.3) is 0 Å². The van der Waals surface area contributed by atoms with Crippen LogP contribution >= 0.6 is 0 Å². The van der Waals surface area contributed by atoms with Crippen LogP contribution in [0.3, 0.4) is 0 Å². The van der Waals surface area contributed by atoms with Crippen LogP contribution in [-0.4, -0.2) is 35.4 Å². The molecule has 0 radical (unpaired) electrons. The summed E-state index contributed by atoms with van der Waals surface area (Å²) >= 11 is 0. The third-order valence-electron chi connectivity index (χ3n) is 3.24. The molecular weight excluding hydrogens is 282 g/mol. The maximum atomic E-state index is 11.9. The number of anilines is 1. The number of carbonyl (C=O) groups is 1. The Hall–Kier alpha value is -2.77. The lowest BCUT2D eigenvalue weighted by atomic mass is 10.3. The molecule has 8 heteroatoms. The van der Waals surface area contributed by atoms with Gasteiger partial charge in [-0.2, -0.15) is 10.2 Å². The molecule has 0 saturated carbocycles. The first-order valence-corrected chi connectivity index (χ1v) is 7.09. The molecule has 0 aliphatic rings. The first-order chi connectivity index (χ1) is 10.6. The largest absolute Gasteiger partial charge is 0.325 e. The first-order valence-electron chi connectivity index (χ1n) is 7.09. The number of rotatable bonds is 5. The SMILES string of the molecule is CC(C)n1ncc2cc(NC(=O)CCn3cncn3)cnc21. The summed E-state index contributed by atoms with van der Waals surface area (Å²) in [5.41, 5.74) is 1.48. The van der Waals surface area contributed by atoms with E-state index in [0.717, 1.165) is 11.0 Å². The lowest BCUT2D eigenvalue weighted by Gasteiger charge is -2.07. The van der Waals surface area contributed by atoms with Crippen LogP contribution in [-0.2, 0) is 11.3 Å². The van der Waals surface area contributed by atoms with E-state index in [0.29, 0.717) is 18.7 Å². The van der Waals surface area contributed by atoms with Crippen molar-refractivity contribution in [2.75, 3.05) is 5.32 Å². The molecule has 3 aromatic heterocycles. The van der Waals surface area contributed by atoms with E-state index in [2.05, 4.69) is 25.5 Å². The van der Waals surface area contributed by atoms with Crippen LogP contribution < -0.4 is 5.32 Å². The molecule has 3 aromatic rings. The van der Waals surface area contributed by atoms with Gasteiger partial charge in [0.2, 0.25) is 5.91 Å². The Morgan fingerprint density at radius 3 is 2.91 bits per heavy atom. The highest BCUT2D eigenvalue weighted by Gasteiger charge is 2.09. The molecule has 0 unspecified atom stereocenters. The molecule has 0 atom stereocenters. The number of aryl methyl sites for hydroxylation is 1. The van der Waals surface area contributed by atoms with Crippen LogP contribution in [0.25, 0.3) is 11.0 Å². The maximum Gasteiger partial charge on any atom is 0.226 e. The predicted molar refractivity (Wildman–Crippen MR) is 81.2 cm³/mol. The zero-order valence-electron chi connectivity index (χ0n) is 12.5. The van der Waals surface area contributed by atoms with Gasteiger partial charge >= 0.3 is 0 Å². The van der Waals surface area contributed by atoms with E-state index in [1.165, 1.54) is 6.33 Å². The molecule has 22 heavy (non-hydrogen) atoms. The number of carbonyl (C=O) groups excluding carboxylic acids is 1. The second kappa shape index (κ2) is 5.92.